The van der Waals surface area contributed by atoms with E-state index < -0.39 is 0 Å². The highest BCUT2D eigenvalue weighted by molar-refractivity contribution is 9.38. The molecule has 0 spiro atoms. The second kappa shape index (κ2) is 2.98. The van der Waals surface area contributed by atoms with Crippen LogP contribution >= 0.6 is 59.1 Å². The van der Waals surface area contributed by atoms with Crippen molar-refractivity contribution in [1.29, 1.82) is 0 Å². The molecule has 0 aliphatic carbocycles. The van der Waals surface area contributed by atoms with E-state index in [1.165, 1.54) is 0 Å². The first kappa shape index (κ1) is 8.17. The minimum Gasteiger partial charge on any atom is -0.246 e. The minimum atomic E-state index is -0.332. The fourth-order valence-electron chi connectivity index (χ4n) is 0.363. The monoisotopic (exact) mass is 333 g/mol. The Morgan fingerprint density at radius 3 is 2.33 bits per heavy atom. The number of thiazole rings is 1. The van der Waals surface area contributed by atoms with Gasteiger partial charge >= 0.3 is 0 Å². The molecule has 0 saturated carbocycles. The van der Waals surface area contributed by atoms with E-state index in [1.54, 1.807) is 17.5 Å². The van der Waals surface area contributed by atoms with Gasteiger partial charge in [-0.1, -0.05) is 47.8 Å². The van der Waals surface area contributed by atoms with Crippen molar-refractivity contribution < 1.29 is 0 Å². The summed E-state index contributed by atoms with van der Waals surface area (Å²) in [5, 5.41) is 2.89. The molecule has 0 atom stereocenters. The number of aromatic nitrogens is 1. The standard InChI is InChI=1S/C4H2Br3NS/c5-4(6,7)3-8-1-2-9-3/h1-2H. The van der Waals surface area contributed by atoms with Crippen molar-refractivity contribution in [2.45, 2.75) is 2.14 Å². The molecule has 0 saturated heterocycles. The van der Waals surface area contributed by atoms with Gasteiger partial charge in [-0.15, -0.1) is 11.3 Å². The van der Waals surface area contributed by atoms with Gasteiger partial charge in [0.05, 0.1) is 0 Å². The molecule has 0 aromatic carbocycles. The number of nitrogens with zero attached hydrogens (tertiary/aromatic N) is 1. The second-order valence-corrected chi connectivity index (χ2v) is 8.99. The summed E-state index contributed by atoms with van der Waals surface area (Å²) < 4.78 is -0.332. The van der Waals surface area contributed by atoms with Crippen molar-refractivity contribution in [1.82, 2.24) is 4.98 Å². The van der Waals surface area contributed by atoms with Crippen LogP contribution < -0.4 is 0 Å². The van der Waals surface area contributed by atoms with Crippen LogP contribution in [-0.4, -0.2) is 4.98 Å². The highest BCUT2D eigenvalue weighted by Crippen LogP contribution is 2.44. The number of rotatable bonds is 0. The van der Waals surface area contributed by atoms with E-state index in [9.17, 15) is 0 Å². The Morgan fingerprint density at radius 2 is 2.11 bits per heavy atom. The lowest BCUT2D eigenvalue weighted by atomic mass is 10.8. The zero-order valence-electron chi connectivity index (χ0n) is 4.14. The van der Waals surface area contributed by atoms with Crippen molar-refractivity contribution in [2.24, 2.45) is 0 Å². The first-order chi connectivity index (χ1) is 4.11. The molecule has 1 aromatic rings. The number of hydrogen-bond donors (Lipinski definition) is 0. The van der Waals surface area contributed by atoms with Crippen molar-refractivity contribution in [2.75, 3.05) is 0 Å². The van der Waals surface area contributed by atoms with E-state index in [0.717, 1.165) is 5.01 Å². The van der Waals surface area contributed by atoms with Gasteiger partial charge in [-0.05, 0) is 0 Å². The quantitative estimate of drug-likeness (QED) is 0.662. The molecule has 9 heavy (non-hydrogen) atoms. The Morgan fingerprint density at radius 1 is 1.44 bits per heavy atom. The molecule has 0 aliphatic heterocycles. The zero-order chi connectivity index (χ0) is 6.91. The molecule has 1 aromatic heterocycles. The Bertz CT molecular complexity index is 178. The molecule has 0 fully saturated rings. The van der Waals surface area contributed by atoms with Crippen LogP contribution in [0.1, 0.15) is 5.01 Å². The predicted molar refractivity (Wildman–Crippen MR) is 50.6 cm³/mol. The van der Waals surface area contributed by atoms with Gasteiger partial charge in [0.1, 0.15) is 5.01 Å². The molecule has 0 radical (unpaired) electrons. The largest absolute Gasteiger partial charge is 0.246 e. The maximum absolute atomic E-state index is 4.07. The number of halogens is 3. The van der Waals surface area contributed by atoms with Crippen molar-refractivity contribution in [3.63, 3.8) is 0 Å². The molecular formula is C4H2Br3NS. The maximum Gasteiger partial charge on any atom is 0.185 e. The smallest absolute Gasteiger partial charge is 0.185 e. The van der Waals surface area contributed by atoms with Crippen molar-refractivity contribution in [3.05, 3.63) is 16.6 Å². The Hall–Kier alpha value is 1.07. The highest BCUT2D eigenvalue weighted by Gasteiger charge is 2.22. The number of alkyl halides is 3. The topological polar surface area (TPSA) is 12.9 Å². The van der Waals surface area contributed by atoms with Gasteiger partial charge in [0, 0.05) is 11.6 Å². The summed E-state index contributed by atoms with van der Waals surface area (Å²) in [5.41, 5.74) is 0. The van der Waals surface area contributed by atoms with Gasteiger partial charge in [0.15, 0.2) is 2.14 Å². The lowest BCUT2D eigenvalue weighted by molar-refractivity contribution is 1.24. The van der Waals surface area contributed by atoms with Crippen molar-refractivity contribution >= 4 is 59.1 Å². The summed E-state index contributed by atoms with van der Waals surface area (Å²) in [6.07, 6.45) is 1.76. The van der Waals surface area contributed by atoms with Crippen LogP contribution in [-0.2, 0) is 2.14 Å². The first-order valence-electron chi connectivity index (χ1n) is 2.07. The summed E-state index contributed by atoms with van der Waals surface area (Å²) in [6, 6.07) is 0. The SMILES string of the molecule is BrC(Br)(Br)c1nccs1. The zero-order valence-corrected chi connectivity index (χ0v) is 9.72. The van der Waals surface area contributed by atoms with E-state index in [4.69, 9.17) is 0 Å². The fraction of sp³-hybridized carbons (Fsp3) is 0.250. The van der Waals surface area contributed by atoms with E-state index in [-0.39, 0.29) is 2.14 Å². The summed E-state index contributed by atoms with van der Waals surface area (Å²) in [5.74, 6) is 0. The molecule has 0 N–H and O–H groups in total. The Balaban J connectivity index is 2.90. The third kappa shape index (κ3) is 2.29. The molecule has 0 bridgehead atoms. The van der Waals surface area contributed by atoms with Gasteiger partial charge in [0.25, 0.3) is 0 Å². The van der Waals surface area contributed by atoms with Gasteiger partial charge in [-0.3, -0.25) is 0 Å². The third-order valence-corrected chi connectivity index (χ3v) is 3.48. The molecular weight excluding hydrogens is 334 g/mol. The van der Waals surface area contributed by atoms with Crippen molar-refractivity contribution in [3.8, 4) is 0 Å². The van der Waals surface area contributed by atoms with Gasteiger partial charge in [-0.2, -0.15) is 0 Å². The molecule has 5 heteroatoms. The van der Waals surface area contributed by atoms with E-state index >= 15 is 0 Å². The van der Waals surface area contributed by atoms with Gasteiger partial charge < -0.3 is 0 Å². The van der Waals surface area contributed by atoms with Crippen LogP contribution in [0.4, 0.5) is 0 Å². The third-order valence-electron chi connectivity index (χ3n) is 0.675. The van der Waals surface area contributed by atoms with Crippen LogP contribution in [0, 0.1) is 0 Å². The fourth-order valence-corrected chi connectivity index (χ4v) is 2.02. The molecule has 0 aliphatic rings. The van der Waals surface area contributed by atoms with Crippen LogP contribution in [0.3, 0.4) is 0 Å². The van der Waals surface area contributed by atoms with E-state index in [0.29, 0.717) is 0 Å². The molecule has 0 unspecified atom stereocenters. The minimum absolute atomic E-state index is 0.332. The Labute approximate surface area is 82.3 Å². The van der Waals surface area contributed by atoms with Crippen LogP contribution in [0.25, 0.3) is 0 Å². The van der Waals surface area contributed by atoms with Gasteiger partial charge in [-0.25, -0.2) is 4.98 Å². The van der Waals surface area contributed by atoms with Crippen LogP contribution in [0.15, 0.2) is 11.6 Å². The van der Waals surface area contributed by atoms with E-state index in [1.807, 2.05) is 5.38 Å². The summed E-state index contributed by atoms with van der Waals surface area (Å²) in [6.45, 7) is 0. The van der Waals surface area contributed by atoms with Gasteiger partial charge in [0.2, 0.25) is 0 Å². The molecule has 1 nitrogen and oxygen atoms in total. The lowest BCUT2D eigenvalue weighted by Crippen LogP contribution is -1.94. The average molecular weight is 336 g/mol. The summed E-state index contributed by atoms with van der Waals surface area (Å²) in [7, 11) is 0. The molecule has 0 amide bonds. The predicted octanol–water partition coefficient (Wildman–Crippen LogP) is 3.44. The highest BCUT2D eigenvalue weighted by atomic mass is 80.0. The normalized spacial score (nSPS) is 11.9. The second-order valence-electron chi connectivity index (χ2n) is 1.34. The van der Waals surface area contributed by atoms with E-state index in [2.05, 4.69) is 52.8 Å². The number of hydrogen-bond acceptors (Lipinski definition) is 2. The first-order valence-corrected chi connectivity index (χ1v) is 5.33. The molecule has 1 heterocycles. The maximum atomic E-state index is 4.07. The molecule has 50 valence electrons. The van der Waals surface area contributed by atoms with Crippen LogP contribution in [0.5, 0.6) is 0 Å². The summed E-state index contributed by atoms with van der Waals surface area (Å²) >= 11 is 11.6. The molecule has 1 rings (SSSR count). The average Bonchev–Trinajstić information content (AvgIpc) is 2.08. The Kier molecular flexibility index (Phi) is 2.71. The van der Waals surface area contributed by atoms with Crippen LogP contribution in [0.2, 0.25) is 0 Å². The summed E-state index contributed by atoms with van der Waals surface area (Å²) in [4.78, 5) is 4.07. The lowest BCUT2D eigenvalue weighted by Gasteiger charge is -2.05.